The average molecular weight is 325 g/mol. The minimum Gasteiger partial charge on any atom is -0.337 e. The third kappa shape index (κ3) is 5.01. The SMILES string of the molecule is CC(C)(C)NC(=O)N1CCC(CNC(=O)N2CCNC2=O)CC1. The Labute approximate surface area is 136 Å². The number of imide groups is 1. The highest BCUT2D eigenvalue weighted by Gasteiger charge is 2.28. The van der Waals surface area contributed by atoms with Crippen LogP contribution in [0.15, 0.2) is 0 Å². The van der Waals surface area contributed by atoms with Crippen LogP contribution in [0.1, 0.15) is 33.6 Å². The fourth-order valence-electron chi connectivity index (χ4n) is 2.73. The van der Waals surface area contributed by atoms with Gasteiger partial charge in [0, 0.05) is 38.3 Å². The first-order valence-corrected chi connectivity index (χ1v) is 8.16. The van der Waals surface area contributed by atoms with E-state index >= 15 is 0 Å². The Balaban J connectivity index is 1.69. The van der Waals surface area contributed by atoms with E-state index < -0.39 is 0 Å². The summed E-state index contributed by atoms with van der Waals surface area (Å²) >= 11 is 0. The second-order valence-electron chi connectivity index (χ2n) is 7.18. The second-order valence-corrected chi connectivity index (χ2v) is 7.18. The highest BCUT2D eigenvalue weighted by atomic mass is 16.2. The maximum Gasteiger partial charge on any atom is 0.325 e. The summed E-state index contributed by atoms with van der Waals surface area (Å²) < 4.78 is 0. The van der Waals surface area contributed by atoms with Crippen LogP contribution in [0.25, 0.3) is 0 Å². The van der Waals surface area contributed by atoms with Gasteiger partial charge in [-0.05, 0) is 39.5 Å². The Hall–Kier alpha value is -1.99. The molecule has 6 amide bonds. The first-order valence-electron chi connectivity index (χ1n) is 8.16. The van der Waals surface area contributed by atoms with Gasteiger partial charge >= 0.3 is 18.1 Å². The summed E-state index contributed by atoms with van der Waals surface area (Å²) in [7, 11) is 0. The number of urea groups is 3. The molecular formula is C15H27N5O3. The van der Waals surface area contributed by atoms with Crippen molar-refractivity contribution in [3.05, 3.63) is 0 Å². The van der Waals surface area contributed by atoms with Gasteiger partial charge in [0.15, 0.2) is 0 Å². The molecule has 0 saturated carbocycles. The van der Waals surface area contributed by atoms with Gasteiger partial charge in [0.1, 0.15) is 0 Å². The van der Waals surface area contributed by atoms with Crippen molar-refractivity contribution in [1.82, 2.24) is 25.8 Å². The quantitative estimate of drug-likeness (QED) is 0.705. The van der Waals surface area contributed by atoms with Crippen molar-refractivity contribution in [1.29, 1.82) is 0 Å². The van der Waals surface area contributed by atoms with Gasteiger partial charge in [-0.15, -0.1) is 0 Å². The molecule has 0 spiro atoms. The molecule has 8 nitrogen and oxygen atoms in total. The minimum atomic E-state index is -0.340. The summed E-state index contributed by atoms with van der Waals surface area (Å²) in [5.74, 6) is 0.336. The number of hydrogen-bond donors (Lipinski definition) is 3. The van der Waals surface area contributed by atoms with Gasteiger partial charge in [-0.25, -0.2) is 19.3 Å². The minimum absolute atomic E-state index is 0.0336. The zero-order valence-electron chi connectivity index (χ0n) is 14.1. The van der Waals surface area contributed by atoms with Gasteiger partial charge in [0.2, 0.25) is 0 Å². The number of rotatable bonds is 2. The van der Waals surface area contributed by atoms with E-state index in [1.165, 1.54) is 4.90 Å². The van der Waals surface area contributed by atoms with E-state index in [-0.39, 0.29) is 23.6 Å². The molecule has 0 unspecified atom stereocenters. The molecule has 2 aliphatic rings. The highest BCUT2D eigenvalue weighted by molar-refractivity contribution is 5.94. The van der Waals surface area contributed by atoms with Crippen molar-refractivity contribution < 1.29 is 14.4 Å². The Morgan fingerprint density at radius 2 is 1.83 bits per heavy atom. The lowest BCUT2D eigenvalue weighted by Gasteiger charge is -2.34. The summed E-state index contributed by atoms with van der Waals surface area (Å²) in [5, 5.41) is 8.38. The molecule has 2 rings (SSSR count). The largest absolute Gasteiger partial charge is 0.337 e. The van der Waals surface area contributed by atoms with Crippen LogP contribution in [-0.4, -0.2) is 66.2 Å². The lowest BCUT2D eigenvalue weighted by Crippen LogP contribution is -2.51. The van der Waals surface area contributed by atoms with Gasteiger partial charge < -0.3 is 20.9 Å². The van der Waals surface area contributed by atoms with E-state index in [2.05, 4.69) is 16.0 Å². The Morgan fingerprint density at radius 3 is 2.35 bits per heavy atom. The Morgan fingerprint density at radius 1 is 1.17 bits per heavy atom. The zero-order valence-corrected chi connectivity index (χ0v) is 14.1. The van der Waals surface area contributed by atoms with Crippen molar-refractivity contribution in [2.45, 2.75) is 39.2 Å². The van der Waals surface area contributed by atoms with Crippen molar-refractivity contribution in [2.24, 2.45) is 5.92 Å². The third-order valence-electron chi connectivity index (χ3n) is 4.03. The molecule has 0 aliphatic carbocycles. The fraction of sp³-hybridized carbons (Fsp3) is 0.800. The highest BCUT2D eigenvalue weighted by Crippen LogP contribution is 2.17. The molecule has 0 radical (unpaired) electrons. The molecule has 2 heterocycles. The molecule has 0 aromatic rings. The van der Waals surface area contributed by atoms with E-state index in [4.69, 9.17) is 0 Å². The topological polar surface area (TPSA) is 93.8 Å². The van der Waals surface area contributed by atoms with Crippen LogP contribution < -0.4 is 16.0 Å². The number of amides is 6. The fourth-order valence-corrected chi connectivity index (χ4v) is 2.73. The molecular weight excluding hydrogens is 298 g/mol. The van der Waals surface area contributed by atoms with E-state index in [9.17, 15) is 14.4 Å². The molecule has 0 aromatic carbocycles. The zero-order chi connectivity index (χ0) is 17.0. The molecule has 0 bridgehead atoms. The first kappa shape index (κ1) is 17.4. The molecule has 2 saturated heterocycles. The number of hydrogen-bond acceptors (Lipinski definition) is 3. The van der Waals surface area contributed by atoms with Crippen LogP contribution in [0.4, 0.5) is 14.4 Å². The number of likely N-dealkylation sites (tertiary alicyclic amines) is 1. The number of nitrogens with zero attached hydrogens (tertiary/aromatic N) is 2. The standard InChI is InChI=1S/C15H27N5O3/c1-15(2,3)18-14(23)19-7-4-11(5-8-19)10-17-13(22)20-9-6-16-12(20)21/h11H,4-10H2,1-3H3,(H,16,21)(H,17,22)(H,18,23). The number of carbonyl (C=O) groups is 3. The van der Waals surface area contributed by atoms with Crippen molar-refractivity contribution in [3.8, 4) is 0 Å². The predicted octanol–water partition coefficient (Wildman–Crippen LogP) is 0.941. The lowest BCUT2D eigenvalue weighted by molar-refractivity contribution is 0.160. The van der Waals surface area contributed by atoms with Gasteiger partial charge in [0.05, 0.1) is 0 Å². The number of piperidine rings is 1. The molecule has 8 heteroatoms. The molecule has 23 heavy (non-hydrogen) atoms. The number of carbonyl (C=O) groups excluding carboxylic acids is 3. The molecule has 0 atom stereocenters. The maximum absolute atomic E-state index is 12.1. The monoisotopic (exact) mass is 325 g/mol. The summed E-state index contributed by atoms with van der Waals surface area (Å²) in [5.41, 5.74) is -0.238. The average Bonchev–Trinajstić information content (AvgIpc) is 2.90. The molecule has 2 fully saturated rings. The van der Waals surface area contributed by atoms with Crippen molar-refractivity contribution in [2.75, 3.05) is 32.7 Å². The predicted molar refractivity (Wildman–Crippen MR) is 86.1 cm³/mol. The molecule has 130 valence electrons. The van der Waals surface area contributed by atoms with Gasteiger partial charge in [-0.1, -0.05) is 0 Å². The first-order chi connectivity index (χ1) is 10.8. The molecule has 0 aromatic heterocycles. The van der Waals surface area contributed by atoms with Gasteiger partial charge in [-0.3, -0.25) is 0 Å². The Kier molecular flexibility index (Phi) is 5.33. The van der Waals surface area contributed by atoms with Crippen LogP contribution in [-0.2, 0) is 0 Å². The third-order valence-corrected chi connectivity index (χ3v) is 4.03. The van der Waals surface area contributed by atoms with Crippen LogP contribution in [0, 0.1) is 5.92 Å². The normalized spacial score (nSPS) is 19.5. The van der Waals surface area contributed by atoms with Crippen molar-refractivity contribution in [3.63, 3.8) is 0 Å². The van der Waals surface area contributed by atoms with Crippen LogP contribution in [0.2, 0.25) is 0 Å². The maximum atomic E-state index is 12.1. The Bertz CT molecular complexity index is 466. The summed E-state index contributed by atoms with van der Waals surface area (Å²) in [6.07, 6.45) is 1.70. The van der Waals surface area contributed by atoms with Crippen LogP contribution in [0.3, 0.4) is 0 Å². The van der Waals surface area contributed by atoms with Gasteiger partial charge in [-0.2, -0.15) is 0 Å². The smallest absolute Gasteiger partial charge is 0.325 e. The van der Waals surface area contributed by atoms with Crippen molar-refractivity contribution >= 4 is 18.1 Å². The van der Waals surface area contributed by atoms with E-state index in [0.29, 0.717) is 38.6 Å². The summed E-state index contributed by atoms with van der Waals surface area (Å²) in [4.78, 5) is 38.4. The number of nitrogens with one attached hydrogen (secondary N) is 3. The molecule has 3 N–H and O–H groups in total. The molecule has 2 aliphatic heterocycles. The lowest BCUT2D eigenvalue weighted by atomic mass is 9.97. The van der Waals surface area contributed by atoms with Gasteiger partial charge in [0.25, 0.3) is 0 Å². The van der Waals surface area contributed by atoms with E-state index in [0.717, 1.165) is 12.8 Å². The summed E-state index contributed by atoms with van der Waals surface area (Å²) in [6, 6.07) is -0.710. The van der Waals surface area contributed by atoms with Crippen LogP contribution in [0.5, 0.6) is 0 Å². The summed E-state index contributed by atoms with van der Waals surface area (Å²) in [6.45, 7) is 8.71. The second kappa shape index (κ2) is 7.06. The van der Waals surface area contributed by atoms with Crippen LogP contribution >= 0.6 is 0 Å². The van der Waals surface area contributed by atoms with E-state index in [1.54, 1.807) is 0 Å². The van der Waals surface area contributed by atoms with E-state index in [1.807, 2.05) is 25.7 Å².